The molecule has 2 aromatic rings. The van der Waals surface area contributed by atoms with E-state index in [9.17, 15) is 0 Å². The lowest BCUT2D eigenvalue weighted by molar-refractivity contribution is 1.14. The molecule has 0 aliphatic carbocycles. The Hall–Kier alpha value is -0.860. The van der Waals surface area contributed by atoms with Crippen molar-refractivity contribution in [1.82, 2.24) is 0 Å². The van der Waals surface area contributed by atoms with Crippen LogP contribution in [0.2, 0.25) is 0 Å². The van der Waals surface area contributed by atoms with Gasteiger partial charge < -0.3 is 0 Å². The summed E-state index contributed by atoms with van der Waals surface area (Å²) in [6.45, 7) is 17.9. The molecule has 0 saturated heterocycles. The Morgan fingerprint density at radius 2 is 0.870 bits per heavy atom. The molecule has 0 nitrogen and oxygen atoms in total. The molecule has 0 aromatic heterocycles. The molecular formula is C21H28S2. The van der Waals surface area contributed by atoms with Gasteiger partial charge in [-0.05, 0) is 112 Å². The molecule has 23 heavy (non-hydrogen) atoms. The molecular weight excluding hydrogens is 316 g/mol. The maximum absolute atomic E-state index is 2.35. The van der Waals surface area contributed by atoms with Crippen LogP contribution in [0.5, 0.6) is 0 Å². The van der Waals surface area contributed by atoms with Crippen LogP contribution in [0.15, 0.2) is 21.9 Å². The summed E-state index contributed by atoms with van der Waals surface area (Å²) in [6.07, 6.45) is 0. The lowest BCUT2D eigenvalue weighted by Gasteiger charge is -2.15. The summed E-state index contributed by atoms with van der Waals surface area (Å²) in [5.41, 5.74) is 11.4. The maximum Gasteiger partial charge on any atom is 0.0486 e. The van der Waals surface area contributed by atoms with E-state index in [1.54, 1.807) is 0 Å². The molecule has 124 valence electrons. The quantitative estimate of drug-likeness (QED) is 0.433. The standard InChI is InChI=1S/C21H28S2/c1-12-9-20(18(7)16(5)14(12)3)22-11-23-21-10-13(2)15(4)17(6)19(21)8/h9-10H,11H2,1-8H3. The molecule has 0 unspecified atom stereocenters. The van der Waals surface area contributed by atoms with E-state index < -0.39 is 0 Å². The topological polar surface area (TPSA) is 0 Å². The van der Waals surface area contributed by atoms with Gasteiger partial charge in [0.15, 0.2) is 0 Å². The van der Waals surface area contributed by atoms with Crippen molar-refractivity contribution in [3.05, 3.63) is 56.6 Å². The van der Waals surface area contributed by atoms with Gasteiger partial charge in [0, 0.05) is 14.9 Å². The van der Waals surface area contributed by atoms with Gasteiger partial charge in [0.25, 0.3) is 0 Å². The molecule has 0 fully saturated rings. The van der Waals surface area contributed by atoms with E-state index in [4.69, 9.17) is 0 Å². The third-order valence-electron chi connectivity index (χ3n) is 5.30. The van der Waals surface area contributed by atoms with Crippen molar-refractivity contribution in [2.45, 2.75) is 65.2 Å². The Kier molecular flexibility index (Phi) is 5.91. The first-order chi connectivity index (χ1) is 10.7. The van der Waals surface area contributed by atoms with Crippen LogP contribution in [0.3, 0.4) is 0 Å². The van der Waals surface area contributed by atoms with E-state index in [0.29, 0.717) is 0 Å². The van der Waals surface area contributed by atoms with Crippen LogP contribution in [0.25, 0.3) is 0 Å². The fourth-order valence-corrected chi connectivity index (χ4v) is 5.32. The second kappa shape index (κ2) is 7.36. The Morgan fingerprint density at radius 3 is 1.22 bits per heavy atom. The highest BCUT2D eigenvalue weighted by molar-refractivity contribution is 8.16. The van der Waals surface area contributed by atoms with Gasteiger partial charge in [-0.1, -0.05) is 0 Å². The molecule has 0 bridgehead atoms. The second-order valence-corrected chi connectivity index (χ2v) is 8.94. The Morgan fingerprint density at radius 1 is 0.522 bits per heavy atom. The molecule has 0 spiro atoms. The monoisotopic (exact) mass is 344 g/mol. The van der Waals surface area contributed by atoms with E-state index in [0.717, 1.165) is 5.08 Å². The van der Waals surface area contributed by atoms with Crippen LogP contribution in [0.4, 0.5) is 0 Å². The van der Waals surface area contributed by atoms with Crippen LogP contribution in [0, 0.1) is 55.4 Å². The summed E-state index contributed by atoms with van der Waals surface area (Å²) in [6, 6.07) is 4.70. The molecule has 0 radical (unpaired) electrons. The summed E-state index contributed by atoms with van der Waals surface area (Å²) < 4.78 is 0. The molecule has 0 aliphatic heterocycles. The van der Waals surface area contributed by atoms with Gasteiger partial charge in [-0.3, -0.25) is 0 Å². The van der Waals surface area contributed by atoms with Gasteiger partial charge in [-0.25, -0.2) is 0 Å². The zero-order chi connectivity index (χ0) is 17.3. The molecule has 0 N–H and O–H groups in total. The fourth-order valence-electron chi connectivity index (χ4n) is 2.81. The minimum absolute atomic E-state index is 1.06. The number of hydrogen-bond acceptors (Lipinski definition) is 2. The number of aryl methyl sites for hydroxylation is 2. The number of benzene rings is 2. The summed E-state index contributed by atoms with van der Waals surface area (Å²) in [4.78, 5) is 2.85. The Labute approximate surface area is 150 Å². The molecule has 2 rings (SSSR count). The summed E-state index contributed by atoms with van der Waals surface area (Å²) in [7, 11) is 0. The Balaban J connectivity index is 2.15. The predicted molar refractivity (Wildman–Crippen MR) is 107 cm³/mol. The number of rotatable bonds is 4. The van der Waals surface area contributed by atoms with E-state index in [2.05, 4.69) is 67.5 Å². The van der Waals surface area contributed by atoms with Crippen molar-refractivity contribution in [2.24, 2.45) is 0 Å². The van der Waals surface area contributed by atoms with Crippen molar-refractivity contribution in [3.8, 4) is 0 Å². The zero-order valence-corrected chi connectivity index (χ0v) is 17.3. The fraction of sp³-hybridized carbons (Fsp3) is 0.429. The first-order valence-corrected chi connectivity index (χ1v) is 10.1. The Bertz CT molecular complexity index is 679. The highest BCUT2D eigenvalue weighted by Gasteiger charge is 2.10. The lowest BCUT2D eigenvalue weighted by atomic mass is 10.00. The average molecular weight is 345 g/mol. The van der Waals surface area contributed by atoms with Gasteiger partial charge in [0.1, 0.15) is 0 Å². The van der Waals surface area contributed by atoms with Crippen molar-refractivity contribution in [2.75, 3.05) is 5.08 Å². The summed E-state index contributed by atoms with van der Waals surface area (Å²) in [5.74, 6) is 0. The highest BCUT2D eigenvalue weighted by atomic mass is 32.2. The molecule has 2 heteroatoms. The average Bonchev–Trinajstić information content (AvgIpc) is 2.52. The van der Waals surface area contributed by atoms with Crippen LogP contribution >= 0.6 is 23.5 Å². The summed E-state index contributed by atoms with van der Waals surface area (Å²) in [5, 5.41) is 1.06. The van der Waals surface area contributed by atoms with Gasteiger partial charge in [0.2, 0.25) is 0 Å². The second-order valence-electron chi connectivity index (χ2n) is 6.54. The summed E-state index contributed by atoms with van der Waals surface area (Å²) >= 11 is 3.93. The molecule has 0 atom stereocenters. The van der Waals surface area contributed by atoms with Crippen LogP contribution in [0.1, 0.15) is 44.5 Å². The van der Waals surface area contributed by atoms with Gasteiger partial charge in [-0.15, -0.1) is 23.5 Å². The van der Waals surface area contributed by atoms with Crippen LogP contribution in [-0.4, -0.2) is 5.08 Å². The van der Waals surface area contributed by atoms with Gasteiger partial charge >= 0.3 is 0 Å². The minimum atomic E-state index is 1.06. The van der Waals surface area contributed by atoms with Crippen molar-refractivity contribution in [3.63, 3.8) is 0 Å². The maximum atomic E-state index is 2.35. The first-order valence-electron chi connectivity index (χ1n) is 8.14. The van der Waals surface area contributed by atoms with E-state index in [1.165, 1.54) is 54.3 Å². The molecule has 0 heterocycles. The SMILES string of the molecule is Cc1cc(SCSc2cc(C)c(C)c(C)c2C)c(C)c(C)c1C. The molecule has 2 aromatic carbocycles. The van der Waals surface area contributed by atoms with E-state index in [1.807, 2.05) is 23.5 Å². The van der Waals surface area contributed by atoms with Crippen molar-refractivity contribution in [1.29, 1.82) is 0 Å². The van der Waals surface area contributed by atoms with E-state index in [-0.39, 0.29) is 0 Å². The van der Waals surface area contributed by atoms with Gasteiger partial charge in [0.05, 0.1) is 0 Å². The largest absolute Gasteiger partial charge is 0.115 e. The van der Waals surface area contributed by atoms with Crippen LogP contribution in [-0.2, 0) is 0 Å². The minimum Gasteiger partial charge on any atom is -0.115 e. The predicted octanol–water partition coefficient (Wildman–Crippen LogP) is 7.00. The molecule has 0 saturated carbocycles. The van der Waals surface area contributed by atoms with E-state index >= 15 is 0 Å². The lowest BCUT2D eigenvalue weighted by Crippen LogP contribution is -1.95. The molecule has 0 amide bonds. The first kappa shape index (κ1) is 18.5. The van der Waals surface area contributed by atoms with Gasteiger partial charge in [-0.2, -0.15) is 0 Å². The number of thioether (sulfide) groups is 2. The molecule has 0 aliphatic rings. The van der Waals surface area contributed by atoms with Crippen molar-refractivity contribution >= 4 is 23.5 Å². The zero-order valence-electron chi connectivity index (χ0n) is 15.7. The third kappa shape index (κ3) is 3.80. The highest BCUT2D eigenvalue weighted by Crippen LogP contribution is 2.35. The third-order valence-corrected chi connectivity index (χ3v) is 7.71. The normalized spacial score (nSPS) is 11.1. The smallest absolute Gasteiger partial charge is 0.0486 e. The van der Waals surface area contributed by atoms with Crippen molar-refractivity contribution < 1.29 is 0 Å². The van der Waals surface area contributed by atoms with Crippen LogP contribution < -0.4 is 0 Å². The number of hydrogen-bond donors (Lipinski definition) is 0.